The summed E-state index contributed by atoms with van der Waals surface area (Å²) < 4.78 is 19.8. The molecule has 2 aliphatic heterocycles. The van der Waals surface area contributed by atoms with Gasteiger partial charge in [0.15, 0.2) is 0 Å². The summed E-state index contributed by atoms with van der Waals surface area (Å²) in [5.41, 5.74) is 7.22. The van der Waals surface area contributed by atoms with Gasteiger partial charge in [0.05, 0.1) is 0 Å². The summed E-state index contributed by atoms with van der Waals surface area (Å²) in [6.07, 6.45) is 14.7. The summed E-state index contributed by atoms with van der Waals surface area (Å²) >= 11 is 0. The van der Waals surface area contributed by atoms with Gasteiger partial charge >= 0.3 is 0 Å². The van der Waals surface area contributed by atoms with Crippen LogP contribution in [0.4, 0.5) is 10.1 Å². The van der Waals surface area contributed by atoms with Gasteiger partial charge in [0.25, 0.3) is 0 Å². The predicted molar refractivity (Wildman–Crippen MR) is 141 cm³/mol. The number of allylic oxidation sites excluding steroid dienone is 4. The lowest BCUT2D eigenvalue weighted by Crippen LogP contribution is -2.51. The fraction of sp³-hybridized carbons (Fsp3) is 0.500. The SMILES string of the molecule is CCC1=CCCC=C1c1cc(F)ccc1Cc1cnccc1N1CC(CNCC2CCOCC2)C1. The van der Waals surface area contributed by atoms with Crippen LogP contribution >= 0.6 is 0 Å². The van der Waals surface area contributed by atoms with Gasteiger partial charge in [0, 0.05) is 63.3 Å². The van der Waals surface area contributed by atoms with Crippen LogP contribution in [0.2, 0.25) is 0 Å². The lowest BCUT2D eigenvalue weighted by Gasteiger charge is -2.42. The van der Waals surface area contributed by atoms with Gasteiger partial charge in [-0.05, 0) is 90.6 Å². The fourth-order valence-electron chi connectivity index (χ4n) is 5.71. The molecule has 0 unspecified atom stereocenters. The second-order valence-electron chi connectivity index (χ2n) is 10.2. The summed E-state index contributed by atoms with van der Waals surface area (Å²) in [6, 6.07) is 7.41. The third-order valence-corrected chi connectivity index (χ3v) is 7.76. The number of nitrogens with one attached hydrogen (secondary N) is 1. The molecule has 0 saturated carbocycles. The molecule has 2 saturated heterocycles. The van der Waals surface area contributed by atoms with Crippen LogP contribution in [0.3, 0.4) is 0 Å². The second kappa shape index (κ2) is 11.5. The van der Waals surface area contributed by atoms with Gasteiger partial charge in [-0.1, -0.05) is 25.1 Å². The minimum absolute atomic E-state index is 0.170. The van der Waals surface area contributed by atoms with Gasteiger partial charge in [-0.15, -0.1) is 0 Å². The maximum absolute atomic E-state index is 14.3. The van der Waals surface area contributed by atoms with Crippen LogP contribution in [0.25, 0.3) is 5.57 Å². The van der Waals surface area contributed by atoms with Crippen molar-refractivity contribution in [3.63, 3.8) is 0 Å². The monoisotopic (exact) mass is 475 g/mol. The topological polar surface area (TPSA) is 37.4 Å². The van der Waals surface area contributed by atoms with Crippen LogP contribution in [-0.2, 0) is 11.2 Å². The smallest absolute Gasteiger partial charge is 0.123 e. The van der Waals surface area contributed by atoms with E-state index in [4.69, 9.17) is 4.74 Å². The Morgan fingerprint density at radius 1 is 1.03 bits per heavy atom. The first kappa shape index (κ1) is 24.2. The number of aromatic nitrogens is 1. The van der Waals surface area contributed by atoms with E-state index in [1.54, 1.807) is 12.1 Å². The van der Waals surface area contributed by atoms with Crippen molar-refractivity contribution in [2.75, 3.05) is 44.3 Å². The molecule has 0 radical (unpaired) electrons. The lowest BCUT2D eigenvalue weighted by molar-refractivity contribution is 0.0659. The molecule has 3 aliphatic rings. The summed E-state index contributed by atoms with van der Waals surface area (Å²) in [4.78, 5) is 6.91. The van der Waals surface area contributed by atoms with Crippen molar-refractivity contribution in [1.82, 2.24) is 10.3 Å². The maximum atomic E-state index is 14.3. The first-order valence-electron chi connectivity index (χ1n) is 13.4. The van der Waals surface area contributed by atoms with E-state index >= 15 is 0 Å². The van der Waals surface area contributed by atoms with Gasteiger partial charge in [-0.3, -0.25) is 4.98 Å². The zero-order valence-corrected chi connectivity index (χ0v) is 20.9. The molecule has 1 N–H and O–H groups in total. The van der Waals surface area contributed by atoms with Crippen molar-refractivity contribution < 1.29 is 9.13 Å². The highest BCUT2D eigenvalue weighted by molar-refractivity contribution is 5.81. The maximum Gasteiger partial charge on any atom is 0.123 e. The van der Waals surface area contributed by atoms with Crippen molar-refractivity contribution in [2.45, 2.75) is 45.4 Å². The Kier molecular flexibility index (Phi) is 7.95. The van der Waals surface area contributed by atoms with E-state index in [1.807, 2.05) is 18.5 Å². The Bertz CT molecular complexity index is 1070. The lowest BCUT2D eigenvalue weighted by atomic mass is 9.86. The number of rotatable bonds is 9. The number of nitrogens with zero attached hydrogens (tertiary/aromatic N) is 2. The first-order valence-corrected chi connectivity index (χ1v) is 13.4. The largest absolute Gasteiger partial charge is 0.381 e. The summed E-state index contributed by atoms with van der Waals surface area (Å²) in [7, 11) is 0. The molecule has 4 nitrogen and oxygen atoms in total. The molecule has 1 aromatic heterocycles. The average molecular weight is 476 g/mol. The van der Waals surface area contributed by atoms with Crippen LogP contribution in [0.1, 0.15) is 55.7 Å². The molecule has 35 heavy (non-hydrogen) atoms. The summed E-state index contributed by atoms with van der Waals surface area (Å²) in [6.45, 7) is 8.34. The van der Waals surface area contributed by atoms with Crippen molar-refractivity contribution >= 4 is 11.3 Å². The summed E-state index contributed by atoms with van der Waals surface area (Å²) in [5, 5.41) is 3.70. The number of anilines is 1. The van der Waals surface area contributed by atoms with Crippen LogP contribution in [-0.4, -0.2) is 44.4 Å². The van der Waals surface area contributed by atoms with E-state index < -0.39 is 0 Å². The van der Waals surface area contributed by atoms with Gasteiger partial charge in [-0.25, -0.2) is 4.39 Å². The minimum Gasteiger partial charge on any atom is -0.381 e. The van der Waals surface area contributed by atoms with E-state index in [0.29, 0.717) is 5.92 Å². The van der Waals surface area contributed by atoms with Crippen LogP contribution < -0.4 is 10.2 Å². The van der Waals surface area contributed by atoms with E-state index in [1.165, 1.54) is 40.8 Å². The highest BCUT2D eigenvalue weighted by Gasteiger charge is 2.28. The number of benzene rings is 1. The van der Waals surface area contributed by atoms with Crippen LogP contribution in [0.5, 0.6) is 0 Å². The Morgan fingerprint density at radius 2 is 1.83 bits per heavy atom. The van der Waals surface area contributed by atoms with Crippen LogP contribution in [0, 0.1) is 17.7 Å². The number of hydrogen-bond donors (Lipinski definition) is 1. The number of ether oxygens (including phenoxy) is 1. The van der Waals surface area contributed by atoms with E-state index in [2.05, 4.69) is 40.3 Å². The molecular formula is C30H38FN3O. The molecule has 0 bridgehead atoms. The fourth-order valence-corrected chi connectivity index (χ4v) is 5.71. The molecule has 186 valence electrons. The van der Waals surface area contributed by atoms with Gasteiger partial charge in [-0.2, -0.15) is 0 Å². The molecule has 0 atom stereocenters. The highest BCUT2D eigenvalue weighted by Crippen LogP contribution is 2.35. The normalized spacial score (nSPS) is 19.3. The average Bonchev–Trinajstić information content (AvgIpc) is 2.87. The first-order chi connectivity index (χ1) is 17.2. The molecule has 5 heteroatoms. The highest BCUT2D eigenvalue weighted by atomic mass is 19.1. The third-order valence-electron chi connectivity index (χ3n) is 7.76. The zero-order valence-electron chi connectivity index (χ0n) is 20.9. The van der Waals surface area contributed by atoms with Gasteiger partial charge in [0.2, 0.25) is 0 Å². The molecule has 1 aromatic carbocycles. The predicted octanol–water partition coefficient (Wildman–Crippen LogP) is 5.78. The standard InChI is InChI=1S/C30H38FN3O/c1-2-24-5-3-4-6-28(24)29-16-27(31)8-7-25(29)15-26-19-32-12-9-30(26)34-20-23(21-34)18-33-17-22-10-13-35-14-11-22/h5-9,12,16,19,22-23,33H,2-4,10-11,13-15,17-18,20-21H2,1H3. The van der Waals surface area contributed by atoms with Crippen molar-refractivity contribution in [2.24, 2.45) is 11.8 Å². The Labute approximate surface area is 209 Å². The van der Waals surface area contributed by atoms with Gasteiger partial charge in [0.1, 0.15) is 5.82 Å². The molecule has 5 rings (SSSR count). The van der Waals surface area contributed by atoms with E-state index in [0.717, 1.165) is 76.6 Å². The van der Waals surface area contributed by atoms with Crippen molar-refractivity contribution in [3.8, 4) is 0 Å². The number of pyridine rings is 1. The Balaban J connectivity index is 1.25. The molecule has 1 aliphatic carbocycles. The summed E-state index contributed by atoms with van der Waals surface area (Å²) in [5.74, 6) is 1.27. The Morgan fingerprint density at radius 3 is 2.66 bits per heavy atom. The van der Waals surface area contributed by atoms with Crippen molar-refractivity contribution in [3.05, 3.63) is 76.9 Å². The van der Waals surface area contributed by atoms with Crippen molar-refractivity contribution in [1.29, 1.82) is 0 Å². The molecule has 0 spiro atoms. The van der Waals surface area contributed by atoms with Gasteiger partial charge < -0.3 is 15.0 Å². The number of hydrogen-bond acceptors (Lipinski definition) is 4. The second-order valence-corrected chi connectivity index (χ2v) is 10.2. The van der Waals surface area contributed by atoms with E-state index in [9.17, 15) is 4.39 Å². The molecule has 2 aromatic rings. The molecule has 3 heterocycles. The third kappa shape index (κ3) is 5.84. The number of halogens is 1. The van der Waals surface area contributed by atoms with Crippen LogP contribution in [0.15, 0.2) is 54.4 Å². The molecule has 2 fully saturated rings. The zero-order chi connectivity index (χ0) is 24.0. The minimum atomic E-state index is -0.170. The quantitative estimate of drug-likeness (QED) is 0.499. The Hall–Kier alpha value is -2.50. The van der Waals surface area contributed by atoms with E-state index in [-0.39, 0.29) is 5.82 Å². The molecular weight excluding hydrogens is 437 g/mol. The molecule has 0 amide bonds.